The van der Waals surface area contributed by atoms with E-state index in [2.05, 4.69) is 5.43 Å². The number of hydrazine groups is 1. The van der Waals surface area contributed by atoms with E-state index in [1.54, 1.807) is 21.1 Å². The Bertz CT molecular complexity index is 290. The van der Waals surface area contributed by atoms with Crippen molar-refractivity contribution in [2.24, 2.45) is 5.41 Å². The molecule has 1 aliphatic rings. The largest absolute Gasteiger partial charge is 0.382 e. The molecule has 1 fully saturated rings. The molecule has 0 unspecified atom stereocenters. The highest BCUT2D eigenvalue weighted by molar-refractivity contribution is 7.80. The molecule has 0 radical (unpaired) electrons. The van der Waals surface area contributed by atoms with Crippen molar-refractivity contribution in [3.63, 3.8) is 0 Å². The van der Waals surface area contributed by atoms with Gasteiger partial charge in [-0.05, 0) is 6.92 Å². The molecule has 17 heavy (non-hydrogen) atoms. The second-order valence-electron chi connectivity index (χ2n) is 5.18. The van der Waals surface area contributed by atoms with Crippen molar-refractivity contribution in [1.29, 1.82) is 0 Å². The minimum absolute atomic E-state index is 0.316. The second kappa shape index (κ2) is 5.16. The first-order chi connectivity index (χ1) is 7.74. The van der Waals surface area contributed by atoms with Gasteiger partial charge < -0.3 is 20.0 Å². The molecule has 5 nitrogen and oxygen atoms in total. The number of aliphatic hydroxyl groups is 1. The summed E-state index contributed by atoms with van der Waals surface area (Å²) in [6, 6.07) is 0. The Morgan fingerprint density at radius 3 is 2.35 bits per heavy atom. The number of rotatable bonds is 4. The van der Waals surface area contributed by atoms with Crippen LogP contribution in [0.25, 0.3) is 0 Å². The van der Waals surface area contributed by atoms with Crippen LogP contribution in [0.15, 0.2) is 0 Å². The zero-order valence-electron chi connectivity index (χ0n) is 11.1. The fraction of sp³-hybridized carbons (Fsp3) is 0.909. The molecule has 0 bridgehead atoms. The van der Waals surface area contributed by atoms with Gasteiger partial charge in [0.05, 0.1) is 6.54 Å². The van der Waals surface area contributed by atoms with Crippen LogP contribution >= 0.6 is 12.2 Å². The van der Waals surface area contributed by atoms with E-state index in [1.807, 2.05) is 18.9 Å². The molecule has 0 aliphatic carbocycles. The van der Waals surface area contributed by atoms with E-state index >= 15 is 0 Å². The molecule has 0 amide bonds. The highest BCUT2D eigenvalue weighted by atomic mass is 32.1. The quantitative estimate of drug-likeness (QED) is 0.569. The SMILES string of the molecule is COC(CN1CC(C)(C)[C@](C)(O)C(=S)N1)OC. The van der Waals surface area contributed by atoms with Gasteiger partial charge in [0, 0.05) is 26.2 Å². The number of hydrogen-bond acceptors (Lipinski definition) is 5. The number of ether oxygens (including phenoxy) is 2. The third kappa shape index (κ3) is 2.95. The van der Waals surface area contributed by atoms with E-state index in [9.17, 15) is 5.11 Å². The molecule has 0 aromatic heterocycles. The van der Waals surface area contributed by atoms with E-state index in [0.717, 1.165) is 0 Å². The highest BCUT2D eigenvalue weighted by Gasteiger charge is 2.48. The first kappa shape index (κ1) is 14.8. The van der Waals surface area contributed by atoms with Gasteiger partial charge in [-0.2, -0.15) is 0 Å². The smallest absolute Gasteiger partial charge is 0.171 e. The summed E-state index contributed by atoms with van der Waals surface area (Å²) in [7, 11) is 3.19. The van der Waals surface area contributed by atoms with Crippen molar-refractivity contribution >= 4 is 17.2 Å². The van der Waals surface area contributed by atoms with Crippen molar-refractivity contribution in [3.8, 4) is 0 Å². The Morgan fingerprint density at radius 2 is 1.94 bits per heavy atom. The zero-order valence-corrected chi connectivity index (χ0v) is 11.9. The molecular weight excluding hydrogens is 240 g/mol. The van der Waals surface area contributed by atoms with Gasteiger partial charge in [0.25, 0.3) is 0 Å². The molecule has 0 saturated carbocycles. The highest BCUT2D eigenvalue weighted by Crippen LogP contribution is 2.35. The maximum Gasteiger partial charge on any atom is 0.171 e. The van der Waals surface area contributed by atoms with Crippen molar-refractivity contribution in [2.75, 3.05) is 27.3 Å². The van der Waals surface area contributed by atoms with Crippen molar-refractivity contribution in [2.45, 2.75) is 32.7 Å². The Morgan fingerprint density at radius 1 is 1.41 bits per heavy atom. The summed E-state index contributed by atoms with van der Waals surface area (Å²) in [4.78, 5) is 0.430. The van der Waals surface area contributed by atoms with E-state index < -0.39 is 5.60 Å². The van der Waals surface area contributed by atoms with E-state index in [4.69, 9.17) is 21.7 Å². The van der Waals surface area contributed by atoms with E-state index in [-0.39, 0.29) is 11.7 Å². The Labute approximate surface area is 108 Å². The molecule has 0 spiro atoms. The fourth-order valence-electron chi connectivity index (χ4n) is 1.77. The summed E-state index contributed by atoms with van der Waals surface area (Å²) in [6.07, 6.45) is -0.316. The maximum absolute atomic E-state index is 10.3. The van der Waals surface area contributed by atoms with Crippen LogP contribution in [0.4, 0.5) is 0 Å². The number of thiocarbonyl (C=S) groups is 1. The lowest BCUT2D eigenvalue weighted by Gasteiger charge is -2.49. The van der Waals surface area contributed by atoms with Gasteiger partial charge in [-0.15, -0.1) is 0 Å². The zero-order chi connectivity index (χ0) is 13.3. The third-order valence-electron chi connectivity index (χ3n) is 3.50. The number of hydrogen-bond donors (Lipinski definition) is 2. The average Bonchev–Trinajstić information content (AvgIpc) is 2.22. The van der Waals surface area contributed by atoms with Gasteiger partial charge in [0.1, 0.15) is 10.6 Å². The minimum Gasteiger partial charge on any atom is -0.382 e. The monoisotopic (exact) mass is 262 g/mol. The minimum atomic E-state index is -1.01. The summed E-state index contributed by atoms with van der Waals surface area (Å²) in [5.41, 5.74) is 1.68. The molecule has 6 heteroatoms. The Balaban J connectivity index is 2.72. The summed E-state index contributed by atoms with van der Waals surface area (Å²) < 4.78 is 10.3. The van der Waals surface area contributed by atoms with Gasteiger partial charge in [0.2, 0.25) is 0 Å². The topological polar surface area (TPSA) is 54.0 Å². The second-order valence-corrected chi connectivity index (χ2v) is 5.59. The van der Waals surface area contributed by atoms with Crippen LogP contribution in [0.3, 0.4) is 0 Å². The molecule has 1 atom stereocenters. The lowest BCUT2D eigenvalue weighted by molar-refractivity contribution is -0.133. The van der Waals surface area contributed by atoms with Gasteiger partial charge in [-0.1, -0.05) is 26.1 Å². The van der Waals surface area contributed by atoms with Crippen LogP contribution in [-0.4, -0.2) is 54.3 Å². The lowest BCUT2D eigenvalue weighted by atomic mass is 9.74. The predicted molar refractivity (Wildman–Crippen MR) is 69.5 cm³/mol. The van der Waals surface area contributed by atoms with Gasteiger partial charge in [-0.25, -0.2) is 5.01 Å². The number of methoxy groups -OCH3 is 2. The first-order valence-electron chi connectivity index (χ1n) is 5.58. The number of nitrogens with one attached hydrogen (secondary N) is 1. The predicted octanol–water partition coefficient (Wildman–Crippen LogP) is 0.530. The van der Waals surface area contributed by atoms with E-state index in [0.29, 0.717) is 18.1 Å². The molecular formula is C11H22N2O3S. The van der Waals surface area contributed by atoms with Crippen LogP contribution in [0.1, 0.15) is 20.8 Å². The van der Waals surface area contributed by atoms with Crippen LogP contribution < -0.4 is 5.43 Å². The standard InChI is InChI=1S/C11H22N2O3S/c1-10(2)7-13(6-8(15-4)16-5)12-9(17)11(10,3)14/h8,14H,6-7H2,1-5H3,(H,12,17)/t11-/m1/s1. The lowest BCUT2D eigenvalue weighted by Crippen LogP contribution is -2.67. The van der Waals surface area contributed by atoms with Gasteiger partial charge in [0.15, 0.2) is 6.29 Å². The summed E-state index contributed by atoms with van der Waals surface area (Å²) in [6.45, 7) is 6.92. The molecule has 1 heterocycles. The van der Waals surface area contributed by atoms with Crippen LogP contribution in [0.5, 0.6) is 0 Å². The molecule has 1 aliphatic heterocycles. The van der Waals surface area contributed by atoms with Crippen molar-refractivity contribution in [3.05, 3.63) is 0 Å². The molecule has 1 saturated heterocycles. The summed E-state index contributed by atoms with van der Waals surface area (Å²) in [5, 5.41) is 12.3. The Hall–Kier alpha value is -0.270. The average molecular weight is 262 g/mol. The fourth-order valence-corrected chi connectivity index (χ4v) is 2.17. The van der Waals surface area contributed by atoms with Gasteiger partial charge >= 0.3 is 0 Å². The maximum atomic E-state index is 10.3. The summed E-state index contributed by atoms with van der Waals surface area (Å²) >= 11 is 5.21. The van der Waals surface area contributed by atoms with E-state index in [1.165, 1.54) is 0 Å². The molecule has 0 aromatic carbocycles. The molecule has 2 N–H and O–H groups in total. The van der Waals surface area contributed by atoms with Crippen LogP contribution in [-0.2, 0) is 9.47 Å². The van der Waals surface area contributed by atoms with Gasteiger partial charge in [-0.3, -0.25) is 0 Å². The molecule has 100 valence electrons. The van der Waals surface area contributed by atoms with Crippen LogP contribution in [0.2, 0.25) is 0 Å². The normalized spacial score (nSPS) is 29.5. The third-order valence-corrected chi connectivity index (χ3v) is 3.99. The first-order valence-corrected chi connectivity index (χ1v) is 5.99. The van der Waals surface area contributed by atoms with Crippen molar-refractivity contribution in [1.82, 2.24) is 10.4 Å². The Kier molecular flexibility index (Phi) is 4.49. The number of nitrogens with zero attached hydrogens (tertiary/aromatic N) is 1. The van der Waals surface area contributed by atoms with Crippen LogP contribution in [0, 0.1) is 5.41 Å². The summed E-state index contributed by atoms with van der Waals surface area (Å²) in [5.74, 6) is 0. The molecule has 0 aromatic rings. The molecule has 1 rings (SSSR count). The van der Waals surface area contributed by atoms with Crippen molar-refractivity contribution < 1.29 is 14.6 Å².